The monoisotopic (exact) mass is 491 g/mol. The van der Waals surface area contributed by atoms with Crippen LogP contribution in [0.3, 0.4) is 0 Å². The van der Waals surface area contributed by atoms with E-state index >= 15 is 0 Å². The molecule has 0 fully saturated rings. The lowest BCUT2D eigenvalue weighted by atomic mass is 10.1. The molecule has 0 spiro atoms. The van der Waals surface area contributed by atoms with Gasteiger partial charge in [0.25, 0.3) is 6.43 Å². The SMILES string of the molecule is Cc1ccccc1Cn1cnc(NC(=O)Cn2nc(C)c3c(C(F)F)cc(-c4cnn(C)c4)nc32)n1. The molecule has 36 heavy (non-hydrogen) atoms. The molecule has 4 heterocycles. The number of hydrogen-bond acceptors (Lipinski definition) is 6. The quantitative estimate of drug-likeness (QED) is 0.372. The number of rotatable bonds is 7. The van der Waals surface area contributed by atoms with Crippen molar-refractivity contribution in [2.45, 2.75) is 33.4 Å². The summed E-state index contributed by atoms with van der Waals surface area (Å²) in [5.74, 6) is -0.320. The molecule has 5 rings (SSSR count). The van der Waals surface area contributed by atoms with Crippen molar-refractivity contribution in [1.29, 1.82) is 0 Å². The molecule has 0 aliphatic heterocycles. The van der Waals surface area contributed by atoms with Crippen LogP contribution in [0.2, 0.25) is 0 Å². The first kappa shape index (κ1) is 23.3. The fourth-order valence-electron chi connectivity index (χ4n) is 4.06. The van der Waals surface area contributed by atoms with Crippen molar-refractivity contribution < 1.29 is 13.6 Å². The minimum atomic E-state index is -2.74. The minimum Gasteiger partial charge on any atom is -0.292 e. The Morgan fingerprint density at radius 2 is 1.97 bits per heavy atom. The molecule has 184 valence electrons. The molecular weight excluding hydrogens is 468 g/mol. The Balaban J connectivity index is 1.39. The van der Waals surface area contributed by atoms with Crippen LogP contribution in [-0.2, 0) is 24.9 Å². The molecule has 12 heteroatoms. The summed E-state index contributed by atoms with van der Waals surface area (Å²) < 4.78 is 32.4. The number of carbonyl (C=O) groups is 1. The van der Waals surface area contributed by atoms with Gasteiger partial charge in [-0.2, -0.15) is 10.2 Å². The third kappa shape index (κ3) is 4.57. The van der Waals surface area contributed by atoms with E-state index in [4.69, 9.17) is 0 Å². The van der Waals surface area contributed by atoms with Crippen LogP contribution in [0.25, 0.3) is 22.3 Å². The zero-order valence-electron chi connectivity index (χ0n) is 19.9. The van der Waals surface area contributed by atoms with Crippen molar-refractivity contribution in [2.75, 3.05) is 5.32 Å². The molecule has 1 aromatic carbocycles. The molecule has 0 bridgehead atoms. The lowest BCUT2D eigenvalue weighted by molar-refractivity contribution is -0.116. The fourth-order valence-corrected chi connectivity index (χ4v) is 4.06. The second kappa shape index (κ2) is 9.29. The van der Waals surface area contributed by atoms with Crippen molar-refractivity contribution in [3.63, 3.8) is 0 Å². The molecule has 10 nitrogen and oxygen atoms in total. The molecule has 0 atom stereocenters. The van der Waals surface area contributed by atoms with Crippen molar-refractivity contribution in [3.8, 4) is 11.3 Å². The first-order chi connectivity index (χ1) is 17.3. The van der Waals surface area contributed by atoms with E-state index in [1.807, 2.05) is 31.2 Å². The first-order valence-corrected chi connectivity index (χ1v) is 11.2. The number of alkyl halides is 2. The Hall–Kier alpha value is -4.48. The van der Waals surface area contributed by atoms with Crippen molar-refractivity contribution >= 4 is 22.9 Å². The number of halogens is 2. The van der Waals surface area contributed by atoms with Gasteiger partial charge >= 0.3 is 0 Å². The number of aromatic nitrogens is 8. The van der Waals surface area contributed by atoms with Crippen molar-refractivity contribution in [3.05, 3.63) is 71.4 Å². The first-order valence-electron chi connectivity index (χ1n) is 11.2. The van der Waals surface area contributed by atoms with E-state index in [9.17, 15) is 13.6 Å². The highest BCUT2D eigenvalue weighted by Crippen LogP contribution is 2.32. The van der Waals surface area contributed by atoms with Crippen LogP contribution in [0.5, 0.6) is 0 Å². The van der Waals surface area contributed by atoms with Gasteiger partial charge < -0.3 is 0 Å². The van der Waals surface area contributed by atoms with Crippen LogP contribution >= 0.6 is 0 Å². The summed E-state index contributed by atoms with van der Waals surface area (Å²) in [6.45, 7) is 3.89. The predicted molar refractivity (Wildman–Crippen MR) is 128 cm³/mol. The summed E-state index contributed by atoms with van der Waals surface area (Å²) in [4.78, 5) is 21.5. The van der Waals surface area contributed by atoms with Crippen LogP contribution in [-0.4, -0.2) is 45.2 Å². The highest BCUT2D eigenvalue weighted by molar-refractivity contribution is 5.91. The fraction of sp³-hybridized carbons (Fsp3) is 0.250. The average molecular weight is 492 g/mol. The van der Waals surface area contributed by atoms with Gasteiger partial charge in [-0.15, -0.1) is 5.10 Å². The van der Waals surface area contributed by atoms with Gasteiger partial charge in [0.15, 0.2) is 5.65 Å². The minimum absolute atomic E-state index is 0.138. The molecule has 5 aromatic rings. The van der Waals surface area contributed by atoms with Gasteiger partial charge in [-0.1, -0.05) is 24.3 Å². The average Bonchev–Trinajstić information content (AvgIpc) is 3.54. The van der Waals surface area contributed by atoms with E-state index in [-0.39, 0.29) is 29.1 Å². The zero-order chi connectivity index (χ0) is 25.4. The predicted octanol–water partition coefficient (Wildman–Crippen LogP) is 3.66. The van der Waals surface area contributed by atoms with Crippen LogP contribution in [0.15, 0.2) is 49.1 Å². The van der Waals surface area contributed by atoms with E-state index in [1.165, 1.54) is 17.1 Å². The van der Waals surface area contributed by atoms with Crippen LogP contribution < -0.4 is 5.32 Å². The number of benzene rings is 1. The molecule has 0 aliphatic rings. The number of amides is 1. The molecule has 1 N–H and O–H groups in total. The summed E-state index contributed by atoms with van der Waals surface area (Å²) in [5.41, 5.74) is 3.48. The standard InChI is InChI=1S/C24H23F2N9O/c1-14-6-4-5-7-16(14)11-34-13-27-24(32-34)30-20(36)12-35-23-21(15(2)31-35)18(22(25)26)8-19(29-23)17-9-28-33(3)10-17/h4-10,13,22H,11-12H2,1-3H3,(H,30,32,36). The summed E-state index contributed by atoms with van der Waals surface area (Å²) in [5, 5.41) is 15.6. The number of fused-ring (bicyclic) bond motifs is 1. The third-order valence-corrected chi connectivity index (χ3v) is 5.82. The summed E-state index contributed by atoms with van der Waals surface area (Å²) in [7, 11) is 1.73. The number of pyridine rings is 1. The van der Waals surface area contributed by atoms with Gasteiger partial charge in [-0.25, -0.2) is 28.1 Å². The Morgan fingerprint density at radius 3 is 2.69 bits per heavy atom. The van der Waals surface area contributed by atoms with E-state index in [0.717, 1.165) is 11.1 Å². The normalized spacial score (nSPS) is 11.5. The van der Waals surface area contributed by atoms with Crippen LogP contribution in [0.1, 0.15) is 28.8 Å². The molecule has 0 saturated heterocycles. The number of hydrogen-bond donors (Lipinski definition) is 1. The summed E-state index contributed by atoms with van der Waals surface area (Å²) in [6.07, 6.45) is 2.02. The molecule has 0 aliphatic carbocycles. The zero-order valence-corrected chi connectivity index (χ0v) is 19.9. The maximum Gasteiger partial charge on any atom is 0.264 e. The number of carbonyl (C=O) groups excluding carboxylic acids is 1. The largest absolute Gasteiger partial charge is 0.292 e. The lowest BCUT2D eigenvalue weighted by Gasteiger charge is -2.08. The van der Waals surface area contributed by atoms with Gasteiger partial charge in [0.05, 0.1) is 29.5 Å². The van der Waals surface area contributed by atoms with Gasteiger partial charge in [0, 0.05) is 24.4 Å². The van der Waals surface area contributed by atoms with Gasteiger partial charge in [-0.05, 0) is 31.0 Å². The van der Waals surface area contributed by atoms with Gasteiger partial charge in [-0.3, -0.25) is 14.8 Å². The van der Waals surface area contributed by atoms with Crippen LogP contribution in [0.4, 0.5) is 14.7 Å². The smallest absolute Gasteiger partial charge is 0.264 e. The summed E-state index contributed by atoms with van der Waals surface area (Å²) >= 11 is 0. The Morgan fingerprint density at radius 1 is 1.17 bits per heavy atom. The molecule has 0 unspecified atom stereocenters. The summed E-state index contributed by atoms with van der Waals surface area (Å²) in [6, 6.07) is 9.27. The van der Waals surface area contributed by atoms with Gasteiger partial charge in [0.1, 0.15) is 12.9 Å². The van der Waals surface area contributed by atoms with Gasteiger partial charge in [0.2, 0.25) is 11.9 Å². The van der Waals surface area contributed by atoms with E-state index in [0.29, 0.717) is 23.5 Å². The van der Waals surface area contributed by atoms with E-state index in [1.54, 1.807) is 35.7 Å². The second-order valence-electron chi connectivity index (χ2n) is 8.48. The lowest BCUT2D eigenvalue weighted by Crippen LogP contribution is -2.20. The molecule has 1 amide bonds. The second-order valence-corrected chi connectivity index (χ2v) is 8.48. The Labute approximate surface area is 204 Å². The Bertz CT molecular complexity index is 1570. The molecule has 0 saturated carbocycles. The molecular formula is C24H23F2N9O. The number of anilines is 1. The maximum atomic E-state index is 13.9. The third-order valence-electron chi connectivity index (χ3n) is 5.82. The van der Waals surface area contributed by atoms with E-state index < -0.39 is 12.3 Å². The van der Waals surface area contributed by atoms with Crippen LogP contribution in [0, 0.1) is 13.8 Å². The van der Waals surface area contributed by atoms with E-state index in [2.05, 4.69) is 30.6 Å². The molecule has 4 aromatic heterocycles. The highest BCUT2D eigenvalue weighted by atomic mass is 19.3. The number of nitrogens with one attached hydrogen (secondary N) is 1. The molecule has 0 radical (unpaired) electrons. The topological polar surface area (TPSA) is 108 Å². The van der Waals surface area contributed by atoms with Crippen molar-refractivity contribution in [1.82, 2.24) is 39.3 Å². The maximum absolute atomic E-state index is 13.9. The van der Waals surface area contributed by atoms with Crippen molar-refractivity contribution in [2.24, 2.45) is 7.05 Å². The number of nitrogens with zero attached hydrogens (tertiary/aromatic N) is 8. The highest BCUT2D eigenvalue weighted by Gasteiger charge is 2.22. The number of aryl methyl sites for hydroxylation is 3. The Kier molecular flexibility index (Phi) is 6.00.